The number of nitro benzene ring substituents is 1. The van der Waals surface area contributed by atoms with Crippen molar-refractivity contribution in [3.05, 3.63) is 74.8 Å². The summed E-state index contributed by atoms with van der Waals surface area (Å²) in [6.07, 6.45) is 6.45. The molecule has 0 radical (unpaired) electrons. The smallest absolute Gasteiger partial charge is 0.267 e. The quantitative estimate of drug-likeness (QED) is 0.445. The Morgan fingerprint density at radius 3 is 2.36 bits per heavy atom. The first kappa shape index (κ1) is 19.7. The van der Waals surface area contributed by atoms with Crippen LogP contribution in [0, 0.1) is 17.0 Å². The molecule has 0 aliphatic heterocycles. The molecule has 0 spiro atoms. The highest BCUT2D eigenvalue weighted by Crippen LogP contribution is 2.32. The Kier molecular flexibility index (Phi) is 6.19. The molecule has 0 aromatic heterocycles. The SMILES string of the molecule is C/C(=N\NC(=O)c1ccc(C)c([N+](=O)[O-])c1)c1ccc(C2CCCCC2)cc1. The topological polar surface area (TPSA) is 84.6 Å². The first-order valence-corrected chi connectivity index (χ1v) is 9.65. The number of hydrazone groups is 1. The van der Waals surface area contributed by atoms with Gasteiger partial charge in [0.25, 0.3) is 11.6 Å². The number of benzene rings is 2. The lowest BCUT2D eigenvalue weighted by Gasteiger charge is -2.22. The molecule has 1 N–H and O–H groups in total. The molecule has 6 nitrogen and oxygen atoms in total. The fraction of sp³-hybridized carbons (Fsp3) is 0.364. The van der Waals surface area contributed by atoms with Gasteiger partial charge in [0, 0.05) is 17.2 Å². The van der Waals surface area contributed by atoms with Gasteiger partial charge in [-0.3, -0.25) is 14.9 Å². The lowest BCUT2D eigenvalue weighted by molar-refractivity contribution is -0.385. The molecule has 0 heterocycles. The van der Waals surface area contributed by atoms with E-state index in [2.05, 4.69) is 22.7 Å². The van der Waals surface area contributed by atoms with E-state index in [4.69, 9.17) is 0 Å². The molecule has 1 aliphatic rings. The van der Waals surface area contributed by atoms with E-state index in [0.717, 1.165) is 5.56 Å². The molecular formula is C22H25N3O3. The Balaban J connectivity index is 1.67. The summed E-state index contributed by atoms with van der Waals surface area (Å²) in [6, 6.07) is 12.8. The van der Waals surface area contributed by atoms with Crippen LogP contribution in [0.15, 0.2) is 47.6 Å². The van der Waals surface area contributed by atoms with Gasteiger partial charge in [0.1, 0.15) is 0 Å². The summed E-state index contributed by atoms with van der Waals surface area (Å²) >= 11 is 0. The first-order valence-electron chi connectivity index (χ1n) is 9.65. The number of hydrogen-bond acceptors (Lipinski definition) is 4. The molecule has 6 heteroatoms. The number of hydrogen-bond donors (Lipinski definition) is 1. The lowest BCUT2D eigenvalue weighted by atomic mass is 9.84. The number of nitrogens with zero attached hydrogens (tertiary/aromatic N) is 2. The minimum Gasteiger partial charge on any atom is -0.267 e. The standard InChI is InChI=1S/C22H25N3O3/c1-15-8-9-20(14-21(15)25(27)28)22(26)24-23-16(2)17-10-12-19(13-11-17)18-6-4-3-5-7-18/h8-14,18H,3-7H2,1-2H3,(H,24,26)/b23-16+. The van der Waals surface area contributed by atoms with Crippen molar-refractivity contribution in [3.8, 4) is 0 Å². The largest absolute Gasteiger partial charge is 0.273 e. The predicted molar refractivity (Wildman–Crippen MR) is 110 cm³/mol. The van der Waals surface area contributed by atoms with Crippen molar-refractivity contribution in [2.45, 2.75) is 51.9 Å². The van der Waals surface area contributed by atoms with Crippen LogP contribution in [0.3, 0.4) is 0 Å². The Labute approximate surface area is 164 Å². The van der Waals surface area contributed by atoms with Crippen molar-refractivity contribution < 1.29 is 9.72 Å². The molecule has 0 bridgehead atoms. The number of rotatable bonds is 5. The number of aryl methyl sites for hydroxylation is 1. The Morgan fingerprint density at radius 2 is 1.71 bits per heavy atom. The zero-order valence-corrected chi connectivity index (χ0v) is 16.3. The van der Waals surface area contributed by atoms with Gasteiger partial charge < -0.3 is 0 Å². The van der Waals surface area contributed by atoms with Crippen LogP contribution in [0.25, 0.3) is 0 Å². The van der Waals surface area contributed by atoms with Crippen molar-refractivity contribution in [1.29, 1.82) is 0 Å². The molecule has 0 saturated heterocycles. The molecule has 28 heavy (non-hydrogen) atoms. The van der Waals surface area contributed by atoms with E-state index >= 15 is 0 Å². The van der Waals surface area contributed by atoms with E-state index in [0.29, 0.717) is 17.2 Å². The summed E-state index contributed by atoms with van der Waals surface area (Å²) in [5, 5.41) is 15.2. The van der Waals surface area contributed by atoms with Gasteiger partial charge in [0.2, 0.25) is 0 Å². The van der Waals surface area contributed by atoms with Gasteiger partial charge >= 0.3 is 0 Å². The van der Waals surface area contributed by atoms with E-state index in [1.807, 2.05) is 19.1 Å². The fourth-order valence-electron chi connectivity index (χ4n) is 3.64. The summed E-state index contributed by atoms with van der Waals surface area (Å²) < 4.78 is 0. The summed E-state index contributed by atoms with van der Waals surface area (Å²) in [6.45, 7) is 3.46. The fourth-order valence-corrected chi connectivity index (χ4v) is 3.64. The summed E-state index contributed by atoms with van der Waals surface area (Å²) in [4.78, 5) is 22.8. The average Bonchev–Trinajstić information content (AvgIpc) is 2.72. The molecule has 1 aliphatic carbocycles. The van der Waals surface area contributed by atoms with Crippen LogP contribution in [0.4, 0.5) is 5.69 Å². The number of carbonyl (C=O) groups excluding carboxylic acids is 1. The maximum absolute atomic E-state index is 12.3. The molecule has 3 rings (SSSR count). The van der Waals surface area contributed by atoms with Crippen LogP contribution in [0.1, 0.15) is 72.0 Å². The van der Waals surface area contributed by atoms with E-state index < -0.39 is 10.8 Å². The molecule has 1 amide bonds. The lowest BCUT2D eigenvalue weighted by Crippen LogP contribution is -2.19. The molecule has 2 aromatic rings. The minimum absolute atomic E-state index is 0.0772. The first-order chi connectivity index (χ1) is 13.5. The summed E-state index contributed by atoms with van der Waals surface area (Å²) in [5.74, 6) is 0.179. The van der Waals surface area contributed by atoms with Crippen molar-refractivity contribution in [2.24, 2.45) is 5.10 Å². The molecule has 0 unspecified atom stereocenters. The van der Waals surface area contributed by atoms with Crippen LogP contribution < -0.4 is 5.43 Å². The van der Waals surface area contributed by atoms with Crippen molar-refractivity contribution >= 4 is 17.3 Å². The van der Waals surface area contributed by atoms with Crippen LogP contribution in [-0.4, -0.2) is 16.5 Å². The van der Waals surface area contributed by atoms with Crippen LogP contribution in [-0.2, 0) is 0 Å². The third kappa shape index (κ3) is 4.63. The third-order valence-corrected chi connectivity index (χ3v) is 5.40. The van der Waals surface area contributed by atoms with E-state index in [1.165, 1.54) is 43.7 Å². The predicted octanol–water partition coefficient (Wildman–Crippen LogP) is 5.10. The Hall–Kier alpha value is -3.02. The molecule has 2 aromatic carbocycles. The van der Waals surface area contributed by atoms with E-state index in [9.17, 15) is 14.9 Å². The summed E-state index contributed by atoms with van der Waals surface area (Å²) in [5.41, 5.74) is 6.13. The van der Waals surface area contributed by atoms with Gasteiger partial charge in [-0.15, -0.1) is 0 Å². The summed E-state index contributed by atoms with van der Waals surface area (Å²) in [7, 11) is 0. The molecular weight excluding hydrogens is 354 g/mol. The second-order valence-electron chi connectivity index (χ2n) is 7.35. The van der Waals surface area contributed by atoms with Crippen molar-refractivity contribution in [2.75, 3.05) is 0 Å². The molecule has 0 atom stereocenters. The van der Waals surface area contributed by atoms with Gasteiger partial charge in [-0.1, -0.05) is 49.6 Å². The van der Waals surface area contributed by atoms with Crippen molar-refractivity contribution in [3.63, 3.8) is 0 Å². The van der Waals surface area contributed by atoms with Gasteiger partial charge in [0.15, 0.2) is 0 Å². The van der Waals surface area contributed by atoms with Crippen LogP contribution in [0.5, 0.6) is 0 Å². The van der Waals surface area contributed by atoms with Crippen LogP contribution in [0.2, 0.25) is 0 Å². The number of amides is 1. The highest BCUT2D eigenvalue weighted by Gasteiger charge is 2.16. The monoisotopic (exact) mass is 379 g/mol. The highest BCUT2D eigenvalue weighted by atomic mass is 16.6. The zero-order chi connectivity index (χ0) is 20.1. The van der Waals surface area contributed by atoms with E-state index in [-0.39, 0.29) is 11.3 Å². The minimum atomic E-state index is -0.492. The van der Waals surface area contributed by atoms with Crippen molar-refractivity contribution in [1.82, 2.24) is 5.43 Å². The second kappa shape index (κ2) is 8.78. The zero-order valence-electron chi connectivity index (χ0n) is 16.3. The Morgan fingerprint density at radius 1 is 1.07 bits per heavy atom. The van der Waals surface area contributed by atoms with Gasteiger partial charge in [0.05, 0.1) is 10.6 Å². The molecule has 146 valence electrons. The van der Waals surface area contributed by atoms with Gasteiger partial charge in [-0.25, -0.2) is 5.43 Å². The second-order valence-corrected chi connectivity index (χ2v) is 7.35. The van der Waals surface area contributed by atoms with Gasteiger partial charge in [-0.05, 0) is 49.8 Å². The van der Waals surface area contributed by atoms with Crippen LogP contribution >= 0.6 is 0 Å². The number of carbonyl (C=O) groups is 1. The normalized spacial score (nSPS) is 15.3. The Bertz CT molecular complexity index is 898. The number of nitro groups is 1. The number of nitrogens with one attached hydrogen (secondary N) is 1. The van der Waals surface area contributed by atoms with E-state index in [1.54, 1.807) is 19.1 Å². The highest BCUT2D eigenvalue weighted by molar-refractivity contribution is 6.01. The maximum Gasteiger partial charge on any atom is 0.273 e. The molecule has 1 fully saturated rings. The average molecular weight is 379 g/mol. The maximum atomic E-state index is 12.3. The third-order valence-electron chi connectivity index (χ3n) is 5.40. The molecule has 1 saturated carbocycles. The van der Waals surface area contributed by atoms with Gasteiger partial charge in [-0.2, -0.15) is 5.10 Å².